The van der Waals surface area contributed by atoms with Gasteiger partial charge in [0.15, 0.2) is 0 Å². The van der Waals surface area contributed by atoms with Crippen molar-refractivity contribution in [1.82, 2.24) is 15.6 Å². The molecule has 0 radical (unpaired) electrons. The largest absolute Gasteiger partial charge is 0.433 e. The van der Waals surface area contributed by atoms with Gasteiger partial charge in [0, 0.05) is 19.2 Å². The summed E-state index contributed by atoms with van der Waals surface area (Å²) in [6.07, 6.45) is -7.75. The summed E-state index contributed by atoms with van der Waals surface area (Å²) in [4.78, 5) is 16.0. The van der Waals surface area contributed by atoms with Crippen molar-refractivity contribution in [3.05, 3.63) is 100 Å². The maximum absolute atomic E-state index is 13.9. The van der Waals surface area contributed by atoms with E-state index in [1.54, 1.807) is 13.0 Å². The molecule has 0 saturated carbocycles. The second-order valence-electron chi connectivity index (χ2n) is 8.45. The van der Waals surface area contributed by atoms with Gasteiger partial charge >= 0.3 is 12.4 Å². The SMILES string of the molecule is CNC(=O)[C@@H](NCC[C@@H](c1ccc(C(F)(F)F)nc1)c1ccc(F)c(C)c1)c1ccc(C(F)(F)F)cc1. The Balaban J connectivity index is 1.85. The smallest absolute Gasteiger partial charge is 0.358 e. The van der Waals surface area contributed by atoms with E-state index in [1.807, 2.05) is 0 Å². The first-order valence-electron chi connectivity index (χ1n) is 11.2. The molecule has 2 N–H and O–H groups in total. The summed E-state index contributed by atoms with van der Waals surface area (Å²) in [5.41, 5.74) is -0.167. The van der Waals surface area contributed by atoms with Gasteiger partial charge in [0.25, 0.3) is 0 Å². The summed E-state index contributed by atoms with van der Waals surface area (Å²) in [7, 11) is 1.39. The number of nitrogens with one attached hydrogen (secondary N) is 2. The molecule has 3 aromatic rings. The quantitative estimate of drug-likeness (QED) is 0.345. The fraction of sp³-hybridized carbons (Fsp3) is 0.308. The van der Waals surface area contributed by atoms with Gasteiger partial charge in [0.1, 0.15) is 17.6 Å². The predicted molar refractivity (Wildman–Crippen MR) is 123 cm³/mol. The standard InChI is InChI=1S/C26H24F7N3O/c1-15-13-17(5-9-21(15)27)20(18-6-10-22(36-14-18)26(31,32)33)11-12-35-23(24(37)34-2)16-3-7-19(8-4-16)25(28,29)30/h3-10,13-14,20,23,35H,11-12H2,1-2H3,(H,34,37)/t20-,23+/m1/s1. The maximum Gasteiger partial charge on any atom is 0.433 e. The highest BCUT2D eigenvalue weighted by atomic mass is 19.4. The van der Waals surface area contributed by atoms with Crippen molar-refractivity contribution in [2.75, 3.05) is 13.6 Å². The normalized spacial score (nSPS) is 13.8. The number of nitrogens with zero attached hydrogens (tertiary/aromatic N) is 1. The van der Waals surface area contributed by atoms with Gasteiger partial charge in [0.05, 0.1) is 5.56 Å². The van der Waals surface area contributed by atoms with E-state index >= 15 is 0 Å². The van der Waals surface area contributed by atoms with E-state index in [0.717, 1.165) is 24.4 Å². The molecule has 2 aromatic carbocycles. The number of pyridine rings is 1. The lowest BCUT2D eigenvalue weighted by molar-refractivity contribution is -0.141. The third-order valence-corrected chi connectivity index (χ3v) is 5.92. The van der Waals surface area contributed by atoms with Crippen LogP contribution in [0.15, 0.2) is 60.8 Å². The Morgan fingerprint density at radius 3 is 2.03 bits per heavy atom. The van der Waals surface area contributed by atoms with Crippen molar-refractivity contribution in [2.45, 2.75) is 37.7 Å². The minimum absolute atomic E-state index is 0.154. The summed E-state index contributed by atoms with van der Waals surface area (Å²) in [5.74, 6) is -1.42. The number of carbonyl (C=O) groups is 1. The van der Waals surface area contributed by atoms with E-state index in [9.17, 15) is 35.5 Å². The first-order valence-corrected chi connectivity index (χ1v) is 11.2. The first-order chi connectivity index (χ1) is 17.3. The number of aryl methyl sites for hydroxylation is 1. The lowest BCUT2D eigenvalue weighted by Gasteiger charge is -2.22. The number of carbonyl (C=O) groups excluding carboxylic acids is 1. The van der Waals surface area contributed by atoms with E-state index in [4.69, 9.17) is 0 Å². The lowest BCUT2D eigenvalue weighted by Crippen LogP contribution is -2.36. The van der Waals surface area contributed by atoms with Crippen molar-refractivity contribution in [3.63, 3.8) is 0 Å². The highest BCUT2D eigenvalue weighted by Gasteiger charge is 2.33. The minimum atomic E-state index is -4.61. The second kappa shape index (κ2) is 11.3. The van der Waals surface area contributed by atoms with E-state index < -0.39 is 47.3 Å². The zero-order chi connectivity index (χ0) is 27.4. The fourth-order valence-corrected chi connectivity index (χ4v) is 3.93. The molecule has 2 atom stereocenters. The van der Waals surface area contributed by atoms with Gasteiger partial charge in [-0.25, -0.2) is 4.39 Å². The van der Waals surface area contributed by atoms with E-state index in [1.165, 1.54) is 37.4 Å². The van der Waals surface area contributed by atoms with Crippen LogP contribution in [0.1, 0.15) is 51.9 Å². The number of benzene rings is 2. The number of hydrogen-bond donors (Lipinski definition) is 2. The molecule has 0 fully saturated rings. The topological polar surface area (TPSA) is 54.0 Å². The summed E-state index contributed by atoms with van der Waals surface area (Å²) >= 11 is 0. The van der Waals surface area contributed by atoms with Gasteiger partial charge in [-0.1, -0.05) is 30.3 Å². The van der Waals surface area contributed by atoms with E-state index in [2.05, 4.69) is 15.6 Å². The molecule has 1 amide bonds. The number of hydrogen-bond acceptors (Lipinski definition) is 3. The number of rotatable bonds is 8. The molecule has 1 aromatic heterocycles. The molecule has 198 valence electrons. The number of halogens is 7. The van der Waals surface area contributed by atoms with Gasteiger partial charge in [-0.05, 0) is 66.4 Å². The van der Waals surface area contributed by atoms with Crippen LogP contribution in [0.5, 0.6) is 0 Å². The van der Waals surface area contributed by atoms with Crippen LogP contribution in [0.4, 0.5) is 30.7 Å². The van der Waals surface area contributed by atoms with Crippen LogP contribution in [0.25, 0.3) is 0 Å². The average Bonchev–Trinajstić information content (AvgIpc) is 2.85. The number of likely N-dealkylation sites (N-methyl/N-ethyl adjacent to an activating group) is 1. The second-order valence-corrected chi connectivity index (χ2v) is 8.45. The Labute approximate surface area is 208 Å². The summed E-state index contributed by atoms with van der Waals surface area (Å²) in [6.45, 7) is 1.71. The molecule has 11 heteroatoms. The summed E-state index contributed by atoms with van der Waals surface area (Å²) in [5, 5.41) is 5.47. The Hall–Kier alpha value is -3.47. The number of alkyl halides is 6. The Kier molecular flexibility index (Phi) is 8.57. The maximum atomic E-state index is 13.9. The van der Waals surface area contributed by atoms with Gasteiger partial charge in [-0.2, -0.15) is 26.3 Å². The van der Waals surface area contributed by atoms with E-state index in [-0.39, 0.29) is 13.0 Å². The molecule has 0 aliphatic carbocycles. The predicted octanol–water partition coefficient (Wildman–Crippen LogP) is 6.17. The molecule has 0 bridgehead atoms. The average molecular weight is 527 g/mol. The zero-order valence-corrected chi connectivity index (χ0v) is 19.8. The van der Waals surface area contributed by atoms with Crippen molar-refractivity contribution in [3.8, 4) is 0 Å². The molecule has 0 unspecified atom stereocenters. The molecule has 3 rings (SSSR count). The number of aromatic nitrogens is 1. The molecular weight excluding hydrogens is 503 g/mol. The summed E-state index contributed by atoms with van der Waals surface area (Å²) in [6, 6.07) is 9.72. The molecule has 0 saturated heterocycles. The zero-order valence-electron chi connectivity index (χ0n) is 19.8. The summed E-state index contributed by atoms with van der Waals surface area (Å²) < 4.78 is 91.5. The molecule has 0 aliphatic rings. The van der Waals surface area contributed by atoms with Gasteiger partial charge in [0.2, 0.25) is 5.91 Å². The van der Waals surface area contributed by atoms with Crippen LogP contribution in [-0.4, -0.2) is 24.5 Å². The Bertz CT molecular complexity index is 1210. The molecule has 0 aliphatic heterocycles. The number of amides is 1. The van der Waals surface area contributed by atoms with Crippen LogP contribution in [0.3, 0.4) is 0 Å². The fourth-order valence-electron chi connectivity index (χ4n) is 3.93. The highest BCUT2D eigenvalue weighted by molar-refractivity contribution is 5.82. The van der Waals surface area contributed by atoms with Crippen molar-refractivity contribution >= 4 is 5.91 Å². The van der Waals surface area contributed by atoms with Crippen LogP contribution < -0.4 is 10.6 Å². The Morgan fingerprint density at radius 1 is 0.892 bits per heavy atom. The van der Waals surface area contributed by atoms with Gasteiger partial charge in [-0.3, -0.25) is 9.78 Å². The molecule has 1 heterocycles. The molecule has 4 nitrogen and oxygen atoms in total. The highest BCUT2D eigenvalue weighted by Crippen LogP contribution is 2.33. The van der Waals surface area contributed by atoms with Crippen LogP contribution >= 0.6 is 0 Å². The third kappa shape index (κ3) is 7.06. The van der Waals surface area contributed by atoms with E-state index in [0.29, 0.717) is 22.3 Å². The van der Waals surface area contributed by atoms with Gasteiger partial charge in [-0.15, -0.1) is 0 Å². The van der Waals surface area contributed by atoms with Crippen LogP contribution in [0, 0.1) is 12.7 Å². The van der Waals surface area contributed by atoms with Crippen LogP contribution in [0.2, 0.25) is 0 Å². The molecular formula is C26H24F7N3O. The van der Waals surface area contributed by atoms with Crippen molar-refractivity contribution in [2.24, 2.45) is 0 Å². The first kappa shape index (κ1) is 28.1. The minimum Gasteiger partial charge on any atom is -0.358 e. The van der Waals surface area contributed by atoms with Crippen molar-refractivity contribution < 1.29 is 35.5 Å². The Morgan fingerprint density at radius 2 is 1.51 bits per heavy atom. The molecule has 0 spiro atoms. The van der Waals surface area contributed by atoms with Gasteiger partial charge < -0.3 is 10.6 Å². The molecule has 37 heavy (non-hydrogen) atoms. The van der Waals surface area contributed by atoms with Crippen molar-refractivity contribution in [1.29, 1.82) is 0 Å². The monoisotopic (exact) mass is 527 g/mol. The van der Waals surface area contributed by atoms with Crippen LogP contribution in [-0.2, 0) is 17.1 Å². The lowest BCUT2D eigenvalue weighted by atomic mass is 9.88. The third-order valence-electron chi connectivity index (χ3n) is 5.92.